The van der Waals surface area contributed by atoms with Crippen molar-refractivity contribution in [2.75, 3.05) is 36.6 Å². The van der Waals surface area contributed by atoms with Crippen molar-refractivity contribution in [3.63, 3.8) is 0 Å². The molecule has 0 unspecified atom stereocenters. The Morgan fingerprint density at radius 1 is 1.11 bits per heavy atom. The van der Waals surface area contributed by atoms with Crippen molar-refractivity contribution in [3.8, 4) is 11.3 Å². The molecule has 8 heteroatoms. The lowest BCUT2D eigenvalue weighted by atomic mass is 10.2. The van der Waals surface area contributed by atoms with Gasteiger partial charge in [-0.1, -0.05) is 35.3 Å². The number of hydrazone groups is 1. The van der Waals surface area contributed by atoms with E-state index in [0.29, 0.717) is 15.2 Å². The summed E-state index contributed by atoms with van der Waals surface area (Å²) >= 11 is 13.7. The number of ether oxygens (including phenoxy) is 1. The third-order valence-corrected chi connectivity index (χ3v) is 5.65. The topological polar surface area (TPSA) is 49.8 Å². The van der Waals surface area contributed by atoms with Crippen LogP contribution < -0.4 is 10.3 Å². The van der Waals surface area contributed by atoms with Crippen LogP contribution in [0.4, 0.5) is 10.8 Å². The Morgan fingerprint density at radius 2 is 1.89 bits per heavy atom. The van der Waals surface area contributed by atoms with Crippen LogP contribution in [0.5, 0.6) is 0 Å². The minimum Gasteiger partial charge on any atom is -0.378 e. The molecule has 1 aromatic heterocycles. The van der Waals surface area contributed by atoms with E-state index in [9.17, 15) is 0 Å². The SMILES string of the molecule is Clc1ccc(-c2csc(N/N=C/c3ccc(N4CCOCC4)cc3)n2)c(Cl)c1. The molecule has 4 rings (SSSR count). The third-order valence-electron chi connectivity index (χ3n) is 4.35. The van der Waals surface area contributed by atoms with E-state index in [-0.39, 0.29) is 0 Å². The summed E-state index contributed by atoms with van der Waals surface area (Å²) < 4.78 is 5.39. The number of morpholine rings is 1. The Morgan fingerprint density at radius 3 is 2.64 bits per heavy atom. The first-order valence-electron chi connectivity index (χ1n) is 8.82. The predicted molar refractivity (Wildman–Crippen MR) is 118 cm³/mol. The molecule has 3 aromatic rings. The standard InChI is InChI=1S/C20H18Cl2N4OS/c21-15-3-6-17(18(22)11-15)19-13-28-20(24-19)25-23-12-14-1-4-16(5-2-14)26-7-9-27-10-8-26/h1-6,11-13H,7-10H2,(H,24,25)/b23-12+. The third kappa shape index (κ3) is 4.64. The van der Waals surface area contributed by atoms with E-state index in [2.05, 4.69) is 44.7 Å². The van der Waals surface area contributed by atoms with Crippen LogP contribution in [0.25, 0.3) is 11.3 Å². The monoisotopic (exact) mass is 432 g/mol. The molecule has 2 heterocycles. The average molecular weight is 433 g/mol. The first-order chi connectivity index (χ1) is 13.7. The summed E-state index contributed by atoms with van der Waals surface area (Å²) in [5.74, 6) is 0. The van der Waals surface area contributed by atoms with Crippen molar-refractivity contribution < 1.29 is 4.74 Å². The number of nitrogens with one attached hydrogen (secondary N) is 1. The van der Waals surface area contributed by atoms with Crippen LogP contribution in [-0.2, 0) is 4.74 Å². The lowest BCUT2D eigenvalue weighted by molar-refractivity contribution is 0.122. The van der Waals surface area contributed by atoms with Gasteiger partial charge in [0.2, 0.25) is 5.13 Å². The molecule has 1 N–H and O–H groups in total. The number of aromatic nitrogens is 1. The highest BCUT2D eigenvalue weighted by Gasteiger charge is 2.11. The van der Waals surface area contributed by atoms with E-state index < -0.39 is 0 Å². The molecule has 144 valence electrons. The summed E-state index contributed by atoms with van der Waals surface area (Å²) in [5, 5.41) is 8.09. The lowest BCUT2D eigenvalue weighted by Gasteiger charge is -2.28. The summed E-state index contributed by atoms with van der Waals surface area (Å²) in [4.78, 5) is 6.85. The predicted octanol–water partition coefficient (Wildman–Crippen LogP) is 5.40. The zero-order valence-electron chi connectivity index (χ0n) is 14.9. The van der Waals surface area contributed by atoms with Gasteiger partial charge in [0.1, 0.15) is 0 Å². The maximum absolute atomic E-state index is 6.25. The van der Waals surface area contributed by atoms with Crippen LogP contribution in [0.2, 0.25) is 10.0 Å². The van der Waals surface area contributed by atoms with Crippen molar-refractivity contribution in [2.24, 2.45) is 5.10 Å². The highest BCUT2D eigenvalue weighted by atomic mass is 35.5. The van der Waals surface area contributed by atoms with Crippen LogP contribution in [0.15, 0.2) is 52.9 Å². The molecular weight excluding hydrogens is 415 g/mol. The molecule has 0 saturated carbocycles. The van der Waals surface area contributed by atoms with Crippen molar-refractivity contribution in [3.05, 3.63) is 63.5 Å². The summed E-state index contributed by atoms with van der Waals surface area (Å²) in [6.07, 6.45) is 1.78. The van der Waals surface area contributed by atoms with Gasteiger partial charge in [0.15, 0.2) is 0 Å². The van der Waals surface area contributed by atoms with E-state index in [4.69, 9.17) is 27.9 Å². The highest BCUT2D eigenvalue weighted by molar-refractivity contribution is 7.14. The maximum Gasteiger partial charge on any atom is 0.203 e. The quantitative estimate of drug-likeness (QED) is 0.433. The summed E-state index contributed by atoms with van der Waals surface area (Å²) in [5.41, 5.74) is 6.83. The van der Waals surface area contributed by atoms with Gasteiger partial charge in [0.25, 0.3) is 0 Å². The second-order valence-corrected chi connectivity index (χ2v) is 7.92. The number of benzene rings is 2. The number of halogens is 2. The van der Waals surface area contributed by atoms with Crippen molar-refractivity contribution >= 4 is 51.6 Å². The summed E-state index contributed by atoms with van der Waals surface area (Å²) in [7, 11) is 0. The first kappa shape index (κ1) is 19.2. The van der Waals surface area contributed by atoms with Crippen LogP contribution in [-0.4, -0.2) is 37.5 Å². The van der Waals surface area contributed by atoms with Crippen molar-refractivity contribution in [2.45, 2.75) is 0 Å². The fourth-order valence-corrected chi connectivity index (χ4v) is 4.07. The maximum atomic E-state index is 6.25. The molecule has 1 fully saturated rings. The van der Waals surface area contributed by atoms with Gasteiger partial charge in [-0.05, 0) is 35.9 Å². The van der Waals surface area contributed by atoms with Gasteiger partial charge in [0, 0.05) is 34.7 Å². The summed E-state index contributed by atoms with van der Waals surface area (Å²) in [6, 6.07) is 13.7. The van der Waals surface area contributed by atoms with Gasteiger partial charge in [-0.25, -0.2) is 4.98 Å². The summed E-state index contributed by atoms with van der Waals surface area (Å²) in [6.45, 7) is 3.42. The Labute approximate surface area is 177 Å². The number of hydrogen-bond donors (Lipinski definition) is 1. The fourth-order valence-electron chi connectivity index (χ4n) is 2.90. The van der Waals surface area contributed by atoms with Gasteiger partial charge in [-0.15, -0.1) is 11.3 Å². The number of hydrogen-bond acceptors (Lipinski definition) is 6. The molecule has 1 saturated heterocycles. The molecule has 1 aliphatic heterocycles. The Hall–Kier alpha value is -2.12. The number of nitrogens with zero attached hydrogens (tertiary/aromatic N) is 3. The van der Waals surface area contributed by atoms with E-state index in [1.807, 2.05) is 11.4 Å². The van der Waals surface area contributed by atoms with Gasteiger partial charge in [-0.3, -0.25) is 5.43 Å². The molecule has 0 aliphatic carbocycles. The Kier molecular flexibility index (Phi) is 6.12. The Bertz CT molecular complexity index is 969. The van der Waals surface area contributed by atoms with Crippen molar-refractivity contribution in [1.29, 1.82) is 0 Å². The molecular formula is C20H18Cl2N4OS. The number of anilines is 2. The smallest absolute Gasteiger partial charge is 0.203 e. The van der Waals surface area contributed by atoms with Crippen LogP contribution >= 0.6 is 34.5 Å². The molecule has 0 spiro atoms. The molecule has 0 amide bonds. The molecule has 0 atom stereocenters. The van der Waals surface area contributed by atoms with E-state index in [0.717, 1.165) is 43.1 Å². The Balaban J connectivity index is 1.38. The van der Waals surface area contributed by atoms with Gasteiger partial charge < -0.3 is 9.64 Å². The van der Waals surface area contributed by atoms with Gasteiger partial charge in [0.05, 0.1) is 30.1 Å². The highest BCUT2D eigenvalue weighted by Crippen LogP contribution is 2.32. The molecule has 0 bridgehead atoms. The molecule has 1 aliphatic rings. The normalized spacial score (nSPS) is 14.6. The molecule has 28 heavy (non-hydrogen) atoms. The number of thiazole rings is 1. The second-order valence-electron chi connectivity index (χ2n) is 6.22. The van der Waals surface area contributed by atoms with Crippen LogP contribution in [0.3, 0.4) is 0 Å². The lowest BCUT2D eigenvalue weighted by Crippen LogP contribution is -2.36. The second kappa shape index (κ2) is 8.92. The average Bonchev–Trinajstić information content (AvgIpc) is 3.18. The largest absolute Gasteiger partial charge is 0.378 e. The fraction of sp³-hybridized carbons (Fsp3) is 0.200. The molecule has 5 nitrogen and oxygen atoms in total. The van der Waals surface area contributed by atoms with Gasteiger partial charge in [-0.2, -0.15) is 5.10 Å². The van der Waals surface area contributed by atoms with E-state index >= 15 is 0 Å². The minimum atomic E-state index is 0.577. The molecule has 2 aromatic carbocycles. The molecule has 0 radical (unpaired) electrons. The van der Waals surface area contributed by atoms with Gasteiger partial charge >= 0.3 is 0 Å². The zero-order valence-corrected chi connectivity index (χ0v) is 17.3. The first-order valence-corrected chi connectivity index (χ1v) is 10.5. The zero-order chi connectivity index (χ0) is 19.3. The van der Waals surface area contributed by atoms with Crippen LogP contribution in [0, 0.1) is 0 Å². The van der Waals surface area contributed by atoms with Crippen molar-refractivity contribution in [1.82, 2.24) is 4.98 Å². The van der Waals surface area contributed by atoms with E-state index in [1.54, 1.807) is 18.3 Å². The van der Waals surface area contributed by atoms with Crippen LogP contribution in [0.1, 0.15) is 5.56 Å². The van der Waals surface area contributed by atoms with E-state index in [1.165, 1.54) is 17.0 Å². The number of rotatable bonds is 5. The minimum absolute atomic E-state index is 0.577.